The highest BCUT2D eigenvalue weighted by molar-refractivity contribution is 8.01. The van der Waals surface area contributed by atoms with Crippen molar-refractivity contribution in [2.75, 3.05) is 0 Å². The van der Waals surface area contributed by atoms with Crippen molar-refractivity contribution in [2.45, 2.75) is 28.6 Å². The summed E-state index contributed by atoms with van der Waals surface area (Å²) in [5.74, 6) is 0. The molecule has 2 aromatic heterocycles. The minimum atomic E-state index is 0.0283. The minimum Gasteiger partial charge on any atom is -0.323 e. The van der Waals surface area contributed by atoms with Crippen LogP contribution in [0.4, 0.5) is 0 Å². The molecular formula is C10H12N4S2. The van der Waals surface area contributed by atoms with Gasteiger partial charge in [0.25, 0.3) is 0 Å². The number of hydrogen-bond acceptors (Lipinski definition) is 6. The van der Waals surface area contributed by atoms with E-state index in [4.69, 9.17) is 5.73 Å². The summed E-state index contributed by atoms with van der Waals surface area (Å²) in [5, 5.41) is 0. The molecule has 0 radical (unpaired) electrons. The second-order valence-corrected chi connectivity index (χ2v) is 5.34. The molecule has 0 saturated carbocycles. The molecular weight excluding hydrogens is 240 g/mol. The summed E-state index contributed by atoms with van der Waals surface area (Å²) in [6.07, 6.45) is 4.29. The van der Waals surface area contributed by atoms with Gasteiger partial charge in [-0.1, -0.05) is 18.7 Å². The Balaban J connectivity index is 2.07. The van der Waals surface area contributed by atoms with Gasteiger partial charge in [-0.15, -0.1) is 0 Å². The van der Waals surface area contributed by atoms with E-state index in [0.29, 0.717) is 0 Å². The number of pyridine rings is 1. The van der Waals surface area contributed by atoms with Gasteiger partial charge in [0, 0.05) is 17.1 Å². The Hall–Kier alpha value is -0.980. The summed E-state index contributed by atoms with van der Waals surface area (Å²) in [7, 11) is 0. The first-order valence-corrected chi connectivity index (χ1v) is 6.54. The third-order valence-electron chi connectivity index (χ3n) is 2.13. The van der Waals surface area contributed by atoms with Crippen molar-refractivity contribution < 1.29 is 0 Å². The molecule has 2 rings (SSSR count). The Bertz CT molecular complexity index is 427. The second-order valence-electron chi connectivity index (χ2n) is 3.24. The van der Waals surface area contributed by atoms with Crippen LogP contribution in [0, 0.1) is 0 Å². The van der Waals surface area contributed by atoms with Gasteiger partial charge in [-0.25, -0.2) is 4.98 Å². The van der Waals surface area contributed by atoms with Crippen molar-refractivity contribution in [3.05, 3.63) is 30.4 Å². The van der Waals surface area contributed by atoms with Crippen LogP contribution in [-0.2, 0) is 0 Å². The van der Waals surface area contributed by atoms with Crippen LogP contribution in [0.25, 0.3) is 0 Å². The van der Waals surface area contributed by atoms with E-state index >= 15 is 0 Å². The number of nitrogens with zero attached hydrogens (tertiary/aromatic N) is 3. The summed E-state index contributed by atoms with van der Waals surface area (Å²) in [6, 6.07) is 4.02. The second kappa shape index (κ2) is 5.38. The Morgan fingerprint density at radius 3 is 2.88 bits per heavy atom. The lowest BCUT2D eigenvalue weighted by Gasteiger charge is -2.07. The SMILES string of the molecule is CCC(N)c1ccc(Sc2ncns2)cn1. The topological polar surface area (TPSA) is 64.7 Å². The smallest absolute Gasteiger partial charge is 0.174 e. The highest BCUT2D eigenvalue weighted by Crippen LogP contribution is 2.27. The molecule has 0 aliphatic heterocycles. The highest BCUT2D eigenvalue weighted by Gasteiger charge is 2.05. The Kier molecular flexibility index (Phi) is 3.87. The largest absolute Gasteiger partial charge is 0.323 e. The van der Waals surface area contributed by atoms with Crippen molar-refractivity contribution in [3.63, 3.8) is 0 Å². The summed E-state index contributed by atoms with van der Waals surface area (Å²) in [4.78, 5) is 9.50. The van der Waals surface area contributed by atoms with Crippen molar-refractivity contribution in [3.8, 4) is 0 Å². The maximum atomic E-state index is 5.89. The van der Waals surface area contributed by atoms with Gasteiger partial charge >= 0.3 is 0 Å². The molecule has 2 N–H and O–H groups in total. The zero-order chi connectivity index (χ0) is 11.4. The first kappa shape index (κ1) is 11.5. The highest BCUT2D eigenvalue weighted by atomic mass is 32.2. The van der Waals surface area contributed by atoms with Crippen molar-refractivity contribution >= 4 is 23.3 Å². The van der Waals surface area contributed by atoms with E-state index in [1.807, 2.05) is 18.3 Å². The van der Waals surface area contributed by atoms with Crippen LogP contribution < -0.4 is 5.73 Å². The van der Waals surface area contributed by atoms with Crippen molar-refractivity contribution in [2.24, 2.45) is 5.73 Å². The Morgan fingerprint density at radius 1 is 1.44 bits per heavy atom. The zero-order valence-electron chi connectivity index (χ0n) is 8.83. The summed E-state index contributed by atoms with van der Waals surface area (Å²) in [5.41, 5.74) is 6.83. The van der Waals surface area contributed by atoms with E-state index in [1.54, 1.807) is 18.1 Å². The van der Waals surface area contributed by atoms with Gasteiger partial charge in [-0.05, 0) is 30.1 Å². The number of aromatic nitrogens is 3. The molecule has 4 nitrogen and oxygen atoms in total. The van der Waals surface area contributed by atoms with Gasteiger partial charge in [0.05, 0.1) is 5.69 Å². The third kappa shape index (κ3) is 2.78. The van der Waals surface area contributed by atoms with Crippen LogP contribution in [0.2, 0.25) is 0 Å². The molecule has 0 aromatic carbocycles. The average Bonchev–Trinajstić information content (AvgIpc) is 2.82. The van der Waals surface area contributed by atoms with E-state index in [9.17, 15) is 0 Å². The lowest BCUT2D eigenvalue weighted by molar-refractivity contribution is 0.674. The van der Waals surface area contributed by atoms with Crippen LogP contribution in [0.5, 0.6) is 0 Å². The quantitative estimate of drug-likeness (QED) is 0.905. The van der Waals surface area contributed by atoms with Gasteiger partial charge in [0.15, 0.2) is 4.34 Å². The van der Waals surface area contributed by atoms with Crippen LogP contribution in [-0.4, -0.2) is 14.3 Å². The predicted octanol–water partition coefficient (Wildman–Crippen LogP) is 2.49. The molecule has 2 aromatic rings. The Labute approximate surface area is 102 Å². The molecule has 2 heterocycles. The van der Waals surface area contributed by atoms with Gasteiger partial charge < -0.3 is 5.73 Å². The van der Waals surface area contributed by atoms with Crippen LogP contribution >= 0.6 is 23.3 Å². The van der Waals surface area contributed by atoms with E-state index < -0.39 is 0 Å². The molecule has 0 amide bonds. The van der Waals surface area contributed by atoms with Gasteiger partial charge in [-0.3, -0.25) is 4.98 Å². The molecule has 0 spiro atoms. The predicted molar refractivity (Wildman–Crippen MR) is 65.5 cm³/mol. The standard InChI is InChI=1S/C10H12N4S2/c1-2-8(11)9-4-3-7(5-12-9)15-10-13-6-14-16-10/h3-6,8H,2,11H2,1H3. The summed E-state index contributed by atoms with van der Waals surface area (Å²) < 4.78 is 4.87. The fourth-order valence-corrected chi connectivity index (χ4v) is 2.58. The molecule has 0 bridgehead atoms. The number of hydrogen-bond donors (Lipinski definition) is 1. The summed E-state index contributed by atoms with van der Waals surface area (Å²) >= 11 is 2.95. The molecule has 0 saturated heterocycles. The molecule has 84 valence electrons. The first-order chi connectivity index (χ1) is 7.79. The first-order valence-electron chi connectivity index (χ1n) is 4.95. The van der Waals surface area contributed by atoms with E-state index in [0.717, 1.165) is 21.3 Å². The third-order valence-corrected chi connectivity index (χ3v) is 3.82. The number of nitrogens with two attached hydrogens (primary N) is 1. The maximum Gasteiger partial charge on any atom is 0.174 e. The van der Waals surface area contributed by atoms with Gasteiger partial charge in [0.1, 0.15) is 6.33 Å². The fraction of sp³-hybridized carbons (Fsp3) is 0.300. The maximum absolute atomic E-state index is 5.89. The van der Waals surface area contributed by atoms with E-state index in [1.165, 1.54) is 11.5 Å². The van der Waals surface area contributed by atoms with Crippen molar-refractivity contribution in [1.29, 1.82) is 0 Å². The molecule has 1 atom stereocenters. The van der Waals surface area contributed by atoms with Crippen LogP contribution in [0.3, 0.4) is 0 Å². The van der Waals surface area contributed by atoms with Gasteiger partial charge in [-0.2, -0.15) is 4.37 Å². The molecule has 0 aliphatic carbocycles. The number of rotatable bonds is 4. The average molecular weight is 252 g/mol. The molecule has 0 fully saturated rings. The normalized spacial score (nSPS) is 12.6. The monoisotopic (exact) mass is 252 g/mol. The summed E-state index contributed by atoms with van der Waals surface area (Å²) in [6.45, 7) is 2.05. The lowest BCUT2D eigenvalue weighted by atomic mass is 10.1. The lowest BCUT2D eigenvalue weighted by Crippen LogP contribution is -2.10. The molecule has 1 unspecified atom stereocenters. The van der Waals surface area contributed by atoms with Crippen LogP contribution in [0.15, 0.2) is 33.9 Å². The minimum absolute atomic E-state index is 0.0283. The fourth-order valence-electron chi connectivity index (χ4n) is 1.19. The zero-order valence-corrected chi connectivity index (χ0v) is 10.5. The van der Waals surface area contributed by atoms with Gasteiger partial charge in [0.2, 0.25) is 0 Å². The van der Waals surface area contributed by atoms with E-state index in [2.05, 4.69) is 21.3 Å². The molecule has 6 heteroatoms. The van der Waals surface area contributed by atoms with Crippen molar-refractivity contribution in [1.82, 2.24) is 14.3 Å². The molecule has 16 heavy (non-hydrogen) atoms. The van der Waals surface area contributed by atoms with E-state index in [-0.39, 0.29) is 6.04 Å². The molecule has 0 aliphatic rings. The van der Waals surface area contributed by atoms with Crippen LogP contribution in [0.1, 0.15) is 25.1 Å². The Morgan fingerprint density at radius 2 is 2.31 bits per heavy atom.